The highest BCUT2D eigenvalue weighted by atomic mass is 35.5. The van der Waals surface area contributed by atoms with Crippen LogP contribution in [0.5, 0.6) is 0 Å². The van der Waals surface area contributed by atoms with Gasteiger partial charge in [0.1, 0.15) is 0 Å². The molecule has 2 N–H and O–H groups in total. The van der Waals surface area contributed by atoms with Crippen molar-refractivity contribution in [3.63, 3.8) is 0 Å². The molecular weight excluding hydrogens is 238 g/mol. The van der Waals surface area contributed by atoms with Crippen LogP contribution >= 0.6 is 23.4 Å². The van der Waals surface area contributed by atoms with Crippen molar-refractivity contribution in [1.82, 2.24) is 0 Å². The van der Waals surface area contributed by atoms with E-state index in [1.165, 1.54) is 10.5 Å². The molecule has 0 aromatic heterocycles. The maximum absolute atomic E-state index is 5.94. The minimum atomic E-state index is 0.756. The van der Waals surface area contributed by atoms with Crippen molar-refractivity contribution < 1.29 is 0 Å². The Balaban J connectivity index is 2.30. The molecule has 0 aliphatic carbocycles. The third-order valence-electron chi connectivity index (χ3n) is 2.24. The van der Waals surface area contributed by atoms with Crippen LogP contribution in [0.2, 0.25) is 5.02 Å². The Labute approximate surface area is 105 Å². The molecule has 0 atom stereocenters. The summed E-state index contributed by atoms with van der Waals surface area (Å²) < 4.78 is 0. The van der Waals surface area contributed by atoms with Crippen molar-refractivity contribution in [1.29, 1.82) is 0 Å². The van der Waals surface area contributed by atoms with E-state index in [0.717, 1.165) is 15.6 Å². The number of aryl methyl sites for hydroxylation is 1. The monoisotopic (exact) mass is 249 g/mol. The van der Waals surface area contributed by atoms with Crippen LogP contribution in [0.4, 0.5) is 5.69 Å². The highest BCUT2D eigenvalue weighted by molar-refractivity contribution is 7.99. The summed E-state index contributed by atoms with van der Waals surface area (Å²) in [5, 5.41) is 0.756. The standard InChI is InChI=1S/C13H12ClNS/c1-9-5-6-11(15)8-13(9)16-12-4-2-3-10(14)7-12/h2-8H,15H2,1H3. The van der Waals surface area contributed by atoms with E-state index in [2.05, 4.69) is 6.92 Å². The summed E-state index contributed by atoms with van der Waals surface area (Å²) in [6, 6.07) is 13.7. The van der Waals surface area contributed by atoms with Gasteiger partial charge in [0, 0.05) is 20.5 Å². The summed E-state index contributed by atoms with van der Waals surface area (Å²) in [6.45, 7) is 2.08. The zero-order valence-electron chi connectivity index (χ0n) is 8.91. The van der Waals surface area contributed by atoms with Gasteiger partial charge < -0.3 is 5.73 Å². The first kappa shape index (κ1) is 11.4. The predicted octanol–water partition coefficient (Wildman–Crippen LogP) is 4.38. The maximum Gasteiger partial charge on any atom is 0.0417 e. The molecule has 2 aromatic rings. The number of hydrogen-bond donors (Lipinski definition) is 1. The molecule has 1 nitrogen and oxygen atoms in total. The summed E-state index contributed by atoms with van der Waals surface area (Å²) in [6.07, 6.45) is 0. The van der Waals surface area contributed by atoms with Crippen LogP contribution in [0.1, 0.15) is 5.56 Å². The zero-order chi connectivity index (χ0) is 11.5. The largest absolute Gasteiger partial charge is 0.399 e. The van der Waals surface area contributed by atoms with E-state index >= 15 is 0 Å². The third-order valence-corrected chi connectivity index (χ3v) is 3.62. The van der Waals surface area contributed by atoms with Crippen molar-refractivity contribution >= 4 is 29.1 Å². The van der Waals surface area contributed by atoms with E-state index in [1.54, 1.807) is 11.8 Å². The predicted molar refractivity (Wildman–Crippen MR) is 71.2 cm³/mol. The lowest BCUT2D eigenvalue weighted by atomic mass is 10.2. The molecule has 0 radical (unpaired) electrons. The number of nitrogens with two attached hydrogens (primary N) is 1. The Morgan fingerprint density at radius 1 is 1.12 bits per heavy atom. The molecule has 0 saturated carbocycles. The molecule has 16 heavy (non-hydrogen) atoms. The van der Waals surface area contributed by atoms with Crippen molar-refractivity contribution in [2.24, 2.45) is 0 Å². The maximum atomic E-state index is 5.94. The molecule has 0 aliphatic rings. The molecule has 0 heterocycles. The number of halogens is 1. The highest BCUT2D eigenvalue weighted by Crippen LogP contribution is 2.32. The van der Waals surface area contributed by atoms with Crippen molar-refractivity contribution in [2.75, 3.05) is 5.73 Å². The Morgan fingerprint density at radius 3 is 2.69 bits per heavy atom. The molecule has 0 aliphatic heterocycles. The van der Waals surface area contributed by atoms with Crippen LogP contribution in [0.3, 0.4) is 0 Å². The van der Waals surface area contributed by atoms with Crippen molar-refractivity contribution in [3.8, 4) is 0 Å². The fourth-order valence-electron chi connectivity index (χ4n) is 1.38. The van der Waals surface area contributed by atoms with E-state index in [4.69, 9.17) is 17.3 Å². The number of rotatable bonds is 2. The van der Waals surface area contributed by atoms with Crippen LogP contribution in [-0.4, -0.2) is 0 Å². The summed E-state index contributed by atoms with van der Waals surface area (Å²) in [5.74, 6) is 0. The summed E-state index contributed by atoms with van der Waals surface area (Å²) >= 11 is 7.62. The van der Waals surface area contributed by atoms with Crippen molar-refractivity contribution in [3.05, 3.63) is 53.1 Å². The fourth-order valence-corrected chi connectivity index (χ4v) is 2.65. The quantitative estimate of drug-likeness (QED) is 0.800. The molecule has 0 bridgehead atoms. The third kappa shape index (κ3) is 2.71. The van der Waals surface area contributed by atoms with E-state index in [0.29, 0.717) is 0 Å². The average Bonchev–Trinajstić information content (AvgIpc) is 2.24. The van der Waals surface area contributed by atoms with E-state index in [9.17, 15) is 0 Å². The molecular formula is C13H12ClNS. The molecule has 0 saturated heterocycles. The minimum Gasteiger partial charge on any atom is -0.399 e. The lowest BCUT2D eigenvalue weighted by Gasteiger charge is -2.06. The molecule has 0 fully saturated rings. The van der Waals surface area contributed by atoms with E-state index < -0.39 is 0 Å². The van der Waals surface area contributed by atoms with Gasteiger partial charge in [-0.3, -0.25) is 0 Å². The topological polar surface area (TPSA) is 26.0 Å². The van der Waals surface area contributed by atoms with E-state index in [1.807, 2.05) is 42.5 Å². The second kappa shape index (κ2) is 4.81. The number of anilines is 1. The van der Waals surface area contributed by atoms with Crippen LogP contribution in [-0.2, 0) is 0 Å². The Morgan fingerprint density at radius 2 is 1.94 bits per heavy atom. The molecule has 0 amide bonds. The Hall–Kier alpha value is -1.12. The summed E-state index contributed by atoms with van der Waals surface area (Å²) in [7, 11) is 0. The first-order valence-corrected chi connectivity index (χ1v) is 6.14. The van der Waals surface area contributed by atoms with Gasteiger partial charge in [0.2, 0.25) is 0 Å². The van der Waals surface area contributed by atoms with Gasteiger partial charge in [-0.25, -0.2) is 0 Å². The lowest BCUT2D eigenvalue weighted by Crippen LogP contribution is -1.87. The number of nitrogen functional groups attached to an aromatic ring is 1. The van der Waals surface area contributed by atoms with Gasteiger partial charge in [-0.05, 0) is 42.8 Å². The van der Waals surface area contributed by atoms with Gasteiger partial charge in [0.25, 0.3) is 0 Å². The van der Waals surface area contributed by atoms with Gasteiger partial charge in [-0.1, -0.05) is 35.5 Å². The number of hydrogen-bond acceptors (Lipinski definition) is 2. The SMILES string of the molecule is Cc1ccc(N)cc1Sc1cccc(Cl)c1. The van der Waals surface area contributed by atoms with Gasteiger partial charge >= 0.3 is 0 Å². The normalized spacial score (nSPS) is 10.4. The summed E-state index contributed by atoms with van der Waals surface area (Å²) in [4.78, 5) is 2.29. The molecule has 3 heteroatoms. The molecule has 0 unspecified atom stereocenters. The number of benzene rings is 2. The van der Waals surface area contributed by atoms with Gasteiger partial charge in [0.15, 0.2) is 0 Å². The van der Waals surface area contributed by atoms with Gasteiger partial charge in [-0.15, -0.1) is 0 Å². The second-order valence-corrected chi connectivity index (χ2v) is 5.14. The molecule has 2 aromatic carbocycles. The molecule has 2 rings (SSSR count). The Bertz CT molecular complexity index is 511. The minimum absolute atomic E-state index is 0.756. The van der Waals surface area contributed by atoms with Crippen molar-refractivity contribution in [2.45, 2.75) is 16.7 Å². The highest BCUT2D eigenvalue weighted by Gasteiger charge is 2.02. The van der Waals surface area contributed by atoms with E-state index in [-0.39, 0.29) is 0 Å². The van der Waals surface area contributed by atoms with Crippen LogP contribution in [0.15, 0.2) is 52.3 Å². The first-order valence-electron chi connectivity index (χ1n) is 4.95. The van der Waals surface area contributed by atoms with Gasteiger partial charge in [0.05, 0.1) is 0 Å². The zero-order valence-corrected chi connectivity index (χ0v) is 10.5. The molecule has 82 valence electrons. The second-order valence-electron chi connectivity index (χ2n) is 3.58. The summed E-state index contributed by atoms with van der Waals surface area (Å²) in [5.41, 5.74) is 7.78. The lowest BCUT2D eigenvalue weighted by molar-refractivity contribution is 1.29. The van der Waals surface area contributed by atoms with Crippen LogP contribution < -0.4 is 5.73 Å². The van der Waals surface area contributed by atoms with Crippen LogP contribution in [0, 0.1) is 6.92 Å². The van der Waals surface area contributed by atoms with Crippen LogP contribution in [0.25, 0.3) is 0 Å². The average molecular weight is 250 g/mol. The Kier molecular flexibility index (Phi) is 3.42. The smallest absolute Gasteiger partial charge is 0.0417 e. The fraction of sp³-hybridized carbons (Fsp3) is 0.0769. The molecule has 0 spiro atoms. The first-order chi connectivity index (χ1) is 7.65. The van der Waals surface area contributed by atoms with Gasteiger partial charge in [-0.2, -0.15) is 0 Å².